The minimum absolute atomic E-state index is 1.03. The minimum atomic E-state index is -2.39. The summed E-state index contributed by atoms with van der Waals surface area (Å²) in [7, 11) is 0. The van der Waals surface area contributed by atoms with E-state index in [2.05, 4.69) is 47.4 Å². The van der Waals surface area contributed by atoms with Crippen molar-refractivity contribution >= 4 is 18.4 Å². The first-order chi connectivity index (χ1) is 8.24. The van der Waals surface area contributed by atoms with Gasteiger partial charge in [-0.1, -0.05) is 0 Å². The second-order valence-electron chi connectivity index (χ2n) is 3.91. The van der Waals surface area contributed by atoms with Crippen LogP contribution in [0.5, 0.6) is 0 Å². The zero-order chi connectivity index (χ0) is 13.0. The normalized spacial score (nSPS) is 8.24. The molecule has 0 saturated carbocycles. The molecule has 0 heterocycles. The van der Waals surface area contributed by atoms with Crippen LogP contribution in [0.15, 0.2) is 0 Å². The zero-order valence-electron chi connectivity index (χ0n) is 11.3. The summed E-state index contributed by atoms with van der Waals surface area (Å²) in [6.45, 7) is 7.61. The Morgan fingerprint density at radius 3 is 0.941 bits per heavy atom. The Morgan fingerprint density at radius 1 is 0.529 bits per heavy atom. The molecule has 1 heteroatoms. The van der Waals surface area contributed by atoms with E-state index >= 15 is 0 Å². The SMILES string of the molecule is CC#C[CH2][Sn]([CH2]C#CC)([CH2]C#CC)[CH2]C#CC. The second kappa shape index (κ2) is 10.2. The van der Waals surface area contributed by atoms with Crippen LogP contribution in [0.4, 0.5) is 0 Å². The molecule has 0 amide bonds. The van der Waals surface area contributed by atoms with E-state index in [1.807, 2.05) is 27.7 Å². The fourth-order valence-electron chi connectivity index (χ4n) is 1.48. The van der Waals surface area contributed by atoms with E-state index < -0.39 is 18.4 Å². The predicted molar refractivity (Wildman–Crippen MR) is 78.8 cm³/mol. The van der Waals surface area contributed by atoms with Crippen molar-refractivity contribution in [2.75, 3.05) is 0 Å². The Bertz CT molecular complexity index is 361. The van der Waals surface area contributed by atoms with Crippen LogP contribution in [0.1, 0.15) is 27.7 Å². The van der Waals surface area contributed by atoms with Gasteiger partial charge in [0.2, 0.25) is 0 Å². The average Bonchev–Trinajstić information content (AvgIpc) is 2.37. The van der Waals surface area contributed by atoms with Crippen molar-refractivity contribution < 1.29 is 0 Å². The topological polar surface area (TPSA) is 0 Å². The van der Waals surface area contributed by atoms with Gasteiger partial charge in [0, 0.05) is 0 Å². The molecule has 0 fully saturated rings. The fraction of sp³-hybridized carbons (Fsp3) is 0.500. The first-order valence-corrected chi connectivity index (χ1v) is 13.9. The molecule has 0 spiro atoms. The van der Waals surface area contributed by atoms with Gasteiger partial charge in [-0.25, -0.2) is 0 Å². The summed E-state index contributed by atoms with van der Waals surface area (Å²) in [5.41, 5.74) is 0. The zero-order valence-corrected chi connectivity index (χ0v) is 14.2. The molecule has 0 saturated heterocycles. The van der Waals surface area contributed by atoms with Gasteiger partial charge in [-0.3, -0.25) is 0 Å². The van der Waals surface area contributed by atoms with Gasteiger partial charge in [0.1, 0.15) is 0 Å². The van der Waals surface area contributed by atoms with E-state index in [0.717, 1.165) is 17.7 Å². The Labute approximate surface area is 111 Å². The van der Waals surface area contributed by atoms with Crippen LogP contribution in [0, 0.1) is 47.4 Å². The van der Waals surface area contributed by atoms with Crippen molar-refractivity contribution in [2.45, 2.75) is 45.4 Å². The van der Waals surface area contributed by atoms with Crippen LogP contribution in [-0.2, 0) is 0 Å². The second-order valence-corrected chi connectivity index (χ2v) is 16.5. The van der Waals surface area contributed by atoms with Crippen LogP contribution in [-0.4, -0.2) is 18.4 Å². The molecule has 0 aliphatic carbocycles. The third kappa shape index (κ3) is 7.05. The quantitative estimate of drug-likeness (QED) is 0.546. The summed E-state index contributed by atoms with van der Waals surface area (Å²) in [6, 6.07) is 0. The van der Waals surface area contributed by atoms with Crippen molar-refractivity contribution in [3.05, 3.63) is 0 Å². The Morgan fingerprint density at radius 2 is 0.765 bits per heavy atom. The molecule has 0 aromatic heterocycles. The molecular weight excluding hydrogens is 311 g/mol. The summed E-state index contributed by atoms with van der Waals surface area (Å²) in [6.07, 6.45) is 0. The first kappa shape index (κ1) is 16.0. The van der Waals surface area contributed by atoms with E-state index in [9.17, 15) is 0 Å². The van der Waals surface area contributed by atoms with E-state index in [1.165, 1.54) is 0 Å². The molecular formula is C16H20Sn. The monoisotopic (exact) mass is 332 g/mol. The molecule has 0 aliphatic heterocycles. The molecule has 0 aromatic carbocycles. The van der Waals surface area contributed by atoms with Gasteiger partial charge in [-0.2, -0.15) is 0 Å². The molecule has 0 aromatic rings. The Hall–Kier alpha value is -0.961. The molecule has 17 heavy (non-hydrogen) atoms. The van der Waals surface area contributed by atoms with E-state index in [4.69, 9.17) is 0 Å². The van der Waals surface area contributed by atoms with Crippen molar-refractivity contribution in [3.8, 4) is 47.4 Å². The van der Waals surface area contributed by atoms with Gasteiger partial charge in [0.15, 0.2) is 0 Å². The van der Waals surface area contributed by atoms with Crippen molar-refractivity contribution in [1.82, 2.24) is 0 Å². The summed E-state index contributed by atoms with van der Waals surface area (Å²) in [5, 5.41) is 0. The third-order valence-electron chi connectivity index (χ3n) is 2.56. The van der Waals surface area contributed by atoms with Gasteiger partial charge < -0.3 is 0 Å². The van der Waals surface area contributed by atoms with Crippen molar-refractivity contribution in [1.29, 1.82) is 0 Å². The number of hydrogen-bond acceptors (Lipinski definition) is 0. The standard InChI is InChI=1S/4C4H5.Sn/c4*1-3-4-2;/h4*1H2,2H3;. The maximum absolute atomic E-state index is 3.26. The summed E-state index contributed by atoms with van der Waals surface area (Å²) < 4.78 is 4.12. The van der Waals surface area contributed by atoms with Crippen LogP contribution in [0.25, 0.3) is 0 Å². The van der Waals surface area contributed by atoms with E-state index in [0.29, 0.717) is 0 Å². The van der Waals surface area contributed by atoms with Crippen LogP contribution >= 0.6 is 0 Å². The maximum atomic E-state index is 3.26. The average molecular weight is 331 g/mol. The Balaban J connectivity index is 5.05. The molecule has 0 rings (SSSR count). The van der Waals surface area contributed by atoms with Gasteiger partial charge >= 0.3 is 111 Å². The molecule has 0 bridgehead atoms. The van der Waals surface area contributed by atoms with Gasteiger partial charge in [-0.05, 0) is 0 Å². The van der Waals surface area contributed by atoms with Gasteiger partial charge in [-0.15, -0.1) is 0 Å². The summed E-state index contributed by atoms with van der Waals surface area (Å²) >= 11 is -2.39. The third-order valence-corrected chi connectivity index (χ3v) is 13.1. The molecule has 0 atom stereocenters. The Kier molecular flexibility index (Phi) is 9.63. The van der Waals surface area contributed by atoms with Gasteiger partial charge in [0.05, 0.1) is 0 Å². The molecule has 0 unspecified atom stereocenters. The van der Waals surface area contributed by atoms with Crippen molar-refractivity contribution in [2.24, 2.45) is 0 Å². The number of rotatable bonds is 4. The molecule has 88 valence electrons. The molecule has 0 radical (unpaired) electrons. The predicted octanol–water partition coefficient (Wildman–Crippen LogP) is 3.53. The molecule has 0 aliphatic rings. The molecule has 0 nitrogen and oxygen atoms in total. The van der Waals surface area contributed by atoms with E-state index in [1.54, 1.807) is 0 Å². The summed E-state index contributed by atoms with van der Waals surface area (Å²) in [4.78, 5) is 0. The van der Waals surface area contributed by atoms with Crippen LogP contribution in [0.3, 0.4) is 0 Å². The first-order valence-electron chi connectivity index (χ1n) is 5.83. The molecule has 0 N–H and O–H groups in total. The van der Waals surface area contributed by atoms with E-state index in [-0.39, 0.29) is 0 Å². The fourth-order valence-corrected chi connectivity index (χ4v) is 9.92. The van der Waals surface area contributed by atoms with Crippen LogP contribution < -0.4 is 0 Å². The number of hydrogen-bond donors (Lipinski definition) is 0. The summed E-state index contributed by atoms with van der Waals surface area (Å²) in [5.74, 6) is 25.1. The van der Waals surface area contributed by atoms with Gasteiger partial charge in [0.25, 0.3) is 0 Å². The van der Waals surface area contributed by atoms with Crippen LogP contribution in [0.2, 0.25) is 17.7 Å². The van der Waals surface area contributed by atoms with Crippen molar-refractivity contribution in [3.63, 3.8) is 0 Å².